The molecule has 6 heteroatoms. The number of carbonyl (C=O) groups is 2. The van der Waals surface area contributed by atoms with Crippen LogP contribution in [0.2, 0.25) is 0 Å². The number of ketones is 1. The molecule has 32 heavy (non-hydrogen) atoms. The molecule has 1 amide bonds. The van der Waals surface area contributed by atoms with Crippen molar-refractivity contribution in [3.63, 3.8) is 0 Å². The molecule has 0 atom stereocenters. The SMILES string of the molecule is COc1ccc(-c2cc(C(=O)Nc3ccccc3C(C)=O)c3ccccc3n2)cc1OC. The average molecular weight is 426 g/mol. The van der Waals surface area contributed by atoms with Gasteiger partial charge in [-0.1, -0.05) is 30.3 Å². The number of pyridine rings is 1. The summed E-state index contributed by atoms with van der Waals surface area (Å²) < 4.78 is 10.7. The van der Waals surface area contributed by atoms with E-state index in [1.807, 2.05) is 36.4 Å². The van der Waals surface area contributed by atoms with Crippen LogP contribution in [-0.4, -0.2) is 30.9 Å². The molecule has 0 bridgehead atoms. The number of para-hydroxylation sites is 2. The van der Waals surface area contributed by atoms with Crippen molar-refractivity contribution in [1.82, 2.24) is 4.98 Å². The van der Waals surface area contributed by atoms with Crippen molar-refractivity contribution in [2.75, 3.05) is 19.5 Å². The minimum atomic E-state index is -0.320. The van der Waals surface area contributed by atoms with Crippen LogP contribution in [0.3, 0.4) is 0 Å². The van der Waals surface area contributed by atoms with Crippen LogP contribution in [-0.2, 0) is 0 Å². The van der Waals surface area contributed by atoms with Gasteiger partial charge < -0.3 is 14.8 Å². The molecule has 160 valence electrons. The first kappa shape index (κ1) is 21.1. The smallest absolute Gasteiger partial charge is 0.256 e. The second kappa shape index (κ2) is 8.89. The van der Waals surface area contributed by atoms with E-state index in [1.165, 1.54) is 6.92 Å². The van der Waals surface area contributed by atoms with Crippen LogP contribution in [0, 0.1) is 0 Å². The standard InChI is InChI=1S/C26H22N2O4/c1-16(29)18-8-4-6-10-21(18)28-26(30)20-15-23(27-22-11-7-5-9-19(20)22)17-12-13-24(31-2)25(14-17)32-3/h4-15H,1-3H3,(H,28,30). The lowest BCUT2D eigenvalue weighted by atomic mass is 10.0. The van der Waals surface area contributed by atoms with E-state index in [0.717, 1.165) is 10.9 Å². The number of benzene rings is 3. The van der Waals surface area contributed by atoms with Crippen molar-refractivity contribution in [2.45, 2.75) is 6.92 Å². The van der Waals surface area contributed by atoms with E-state index in [9.17, 15) is 9.59 Å². The van der Waals surface area contributed by atoms with Crippen molar-refractivity contribution >= 4 is 28.3 Å². The summed E-state index contributed by atoms with van der Waals surface area (Å²) in [6.07, 6.45) is 0. The van der Waals surface area contributed by atoms with Gasteiger partial charge in [0.1, 0.15) is 0 Å². The summed E-state index contributed by atoms with van der Waals surface area (Å²) in [6, 6.07) is 21.6. The highest BCUT2D eigenvalue weighted by atomic mass is 16.5. The number of nitrogens with zero attached hydrogens (tertiary/aromatic N) is 1. The van der Waals surface area contributed by atoms with Gasteiger partial charge in [0.05, 0.1) is 36.7 Å². The molecule has 3 aromatic carbocycles. The Labute approximate surface area is 185 Å². The molecule has 4 rings (SSSR count). The maximum Gasteiger partial charge on any atom is 0.256 e. The molecule has 0 fully saturated rings. The average Bonchev–Trinajstić information content (AvgIpc) is 2.83. The predicted molar refractivity (Wildman–Crippen MR) is 125 cm³/mol. The Morgan fingerprint density at radius 3 is 2.28 bits per heavy atom. The normalized spacial score (nSPS) is 10.6. The number of anilines is 1. The van der Waals surface area contributed by atoms with Crippen molar-refractivity contribution < 1.29 is 19.1 Å². The van der Waals surface area contributed by atoms with Crippen LogP contribution < -0.4 is 14.8 Å². The highest BCUT2D eigenvalue weighted by molar-refractivity contribution is 6.15. The number of fused-ring (bicyclic) bond motifs is 1. The lowest BCUT2D eigenvalue weighted by molar-refractivity contribution is 0.101. The zero-order valence-electron chi connectivity index (χ0n) is 18.0. The zero-order chi connectivity index (χ0) is 22.7. The largest absolute Gasteiger partial charge is 0.493 e. The summed E-state index contributed by atoms with van der Waals surface area (Å²) >= 11 is 0. The van der Waals surface area contributed by atoms with Crippen molar-refractivity contribution in [3.8, 4) is 22.8 Å². The van der Waals surface area contributed by atoms with Crippen LogP contribution in [0.25, 0.3) is 22.2 Å². The first-order valence-corrected chi connectivity index (χ1v) is 10.1. The monoisotopic (exact) mass is 426 g/mol. The van der Waals surface area contributed by atoms with Crippen LogP contribution in [0.15, 0.2) is 72.8 Å². The lowest BCUT2D eigenvalue weighted by Crippen LogP contribution is -2.15. The van der Waals surface area contributed by atoms with Gasteiger partial charge in [0.2, 0.25) is 0 Å². The third kappa shape index (κ3) is 4.03. The Morgan fingerprint density at radius 1 is 0.812 bits per heavy atom. The molecule has 1 heterocycles. The summed E-state index contributed by atoms with van der Waals surface area (Å²) in [4.78, 5) is 30.0. The van der Waals surface area contributed by atoms with E-state index in [0.29, 0.717) is 39.5 Å². The minimum absolute atomic E-state index is 0.119. The summed E-state index contributed by atoms with van der Waals surface area (Å²) in [5.41, 5.74) is 3.47. The van der Waals surface area contributed by atoms with Gasteiger partial charge in [-0.15, -0.1) is 0 Å². The van der Waals surface area contributed by atoms with Gasteiger partial charge in [-0.2, -0.15) is 0 Å². The number of hydrogen-bond donors (Lipinski definition) is 1. The van der Waals surface area contributed by atoms with E-state index in [2.05, 4.69) is 5.32 Å². The molecule has 0 saturated carbocycles. The molecule has 6 nitrogen and oxygen atoms in total. The fourth-order valence-electron chi connectivity index (χ4n) is 3.60. The molecular formula is C26H22N2O4. The minimum Gasteiger partial charge on any atom is -0.493 e. The fourth-order valence-corrected chi connectivity index (χ4v) is 3.60. The number of aromatic nitrogens is 1. The maximum absolute atomic E-state index is 13.3. The van der Waals surface area contributed by atoms with E-state index in [4.69, 9.17) is 14.5 Å². The second-order valence-electron chi connectivity index (χ2n) is 7.20. The topological polar surface area (TPSA) is 77.5 Å². The second-order valence-corrected chi connectivity index (χ2v) is 7.20. The highest BCUT2D eigenvalue weighted by Gasteiger charge is 2.17. The molecule has 0 aliphatic carbocycles. The van der Waals surface area contributed by atoms with Gasteiger partial charge in [0.15, 0.2) is 17.3 Å². The number of carbonyl (C=O) groups excluding carboxylic acids is 2. The summed E-state index contributed by atoms with van der Waals surface area (Å²) in [7, 11) is 3.15. The number of amides is 1. The Balaban J connectivity index is 1.82. The van der Waals surface area contributed by atoms with E-state index in [-0.39, 0.29) is 11.7 Å². The Morgan fingerprint density at radius 2 is 1.53 bits per heavy atom. The van der Waals surface area contributed by atoms with E-state index in [1.54, 1.807) is 50.6 Å². The summed E-state index contributed by atoms with van der Waals surface area (Å²) in [6.45, 7) is 1.47. The summed E-state index contributed by atoms with van der Waals surface area (Å²) in [5.74, 6) is 0.739. The first-order valence-electron chi connectivity index (χ1n) is 10.1. The van der Waals surface area contributed by atoms with Crippen molar-refractivity contribution in [1.29, 1.82) is 0 Å². The number of ether oxygens (including phenoxy) is 2. The third-order valence-electron chi connectivity index (χ3n) is 5.19. The van der Waals surface area contributed by atoms with E-state index < -0.39 is 0 Å². The van der Waals surface area contributed by atoms with E-state index >= 15 is 0 Å². The van der Waals surface area contributed by atoms with Crippen LogP contribution in [0.4, 0.5) is 5.69 Å². The van der Waals surface area contributed by atoms with Gasteiger partial charge in [-0.3, -0.25) is 9.59 Å². The lowest BCUT2D eigenvalue weighted by Gasteiger charge is -2.13. The quantitative estimate of drug-likeness (QED) is 0.419. The molecule has 0 radical (unpaired) electrons. The molecule has 1 N–H and O–H groups in total. The Hall–Kier alpha value is -4.19. The third-order valence-corrected chi connectivity index (χ3v) is 5.19. The number of Topliss-reactive ketones (excluding diaryl/α,β-unsaturated/α-hetero) is 1. The zero-order valence-corrected chi connectivity index (χ0v) is 18.0. The molecule has 0 saturated heterocycles. The maximum atomic E-state index is 13.3. The number of hydrogen-bond acceptors (Lipinski definition) is 5. The highest BCUT2D eigenvalue weighted by Crippen LogP contribution is 2.33. The number of nitrogens with one attached hydrogen (secondary N) is 1. The van der Waals surface area contributed by atoms with Crippen LogP contribution >= 0.6 is 0 Å². The predicted octanol–water partition coefficient (Wildman–Crippen LogP) is 5.37. The van der Waals surface area contributed by atoms with Crippen molar-refractivity contribution in [2.24, 2.45) is 0 Å². The van der Waals surface area contributed by atoms with Crippen LogP contribution in [0.5, 0.6) is 11.5 Å². The molecule has 0 aliphatic rings. The molecule has 1 aromatic heterocycles. The molecular weight excluding hydrogens is 404 g/mol. The first-order chi connectivity index (χ1) is 15.5. The van der Waals surface area contributed by atoms with Gasteiger partial charge in [-0.05, 0) is 49.4 Å². The fraction of sp³-hybridized carbons (Fsp3) is 0.115. The Kier molecular flexibility index (Phi) is 5.85. The van der Waals surface area contributed by atoms with Gasteiger partial charge in [0, 0.05) is 16.5 Å². The van der Waals surface area contributed by atoms with Gasteiger partial charge in [-0.25, -0.2) is 4.98 Å². The molecule has 4 aromatic rings. The molecule has 0 unspecified atom stereocenters. The number of rotatable bonds is 6. The molecule has 0 aliphatic heterocycles. The molecule has 0 spiro atoms. The van der Waals surface area contributed by atoms with Gasteiger partial charge in [0.25, 0.3) is 5.91 Å². The van der Waals surface area contributed by atoms with Crippen LogP contribution in [0.1, 0.15) is 27.6 Å². The van der Waals surface area contributed by atoms with Gasteiger partial charge >= 0.3 is 0 Å². The van der Waals surface area contributed by atoms with Crippen molar-refractivity contribution in [3.05, 3.63) is 83.9 Å². The number of methoxy groups -OCH3 is 2. The Bertz CT molecular complexity index is 1330. The summed E-state index contributed by atoms with van der Waals surface area (Å²) in [5, 5.41) is 3.60.